The zero-order chi connectivity index (χ0) is 18.4. The summed E-state index contributed by atoms with van der Waals surface area (Å²) in [6.07, 6.45) is 5.29. The maximum atomic E-state index is 12.5. The lowest BCUT2D eigenvalue weighted by Crippen LogP contribution is -2.48. The summed E-state index contributed by atoms with van der Waals surface area (Å²) in [4.78, 5) is 15.0. The molecule has 6 heteroatoms. The van der Waals surface area contributed by atoms with Gasteiger partial charge in [-0.05, 0) is 63.1 Å². The standard InChI is InChI=1S/C22H35N3O.2ClH/c1-17(20-9-6-11-23-15-20)13-22(26)24-21-10-12-25(18(2)14-21)16-19-7-4-3-5-8-19;;/h3-5,7-8,17-18,20-21,23H,6,9-16H2,1-2H3,(H,24,26);2*1H. The molecule has 0 spiro atoms. The Morgan fingerprint density at radius 3 is 2.64 bits per heavy atom. The van der Waals surface area contributed by atoms with E-state index in [2.05, 4.69) is 59.7 Å². The van der Waals surface area contributed by atoms with Gasteiger partial charge < -0.3 is 10.6 Å². The van der Waals surface area contributed by atoms with Crippen LogP contribution < -0.4 is 10.6 Å². The molecular weight excluding hydrogens is 393 g/mol. The summed E-state index contributed by atoms with van der Waals surface area (Å²) in [7, 11) is 0. The molecular formula is C22H37Cl2N3O. The first-order valence-corrected chi connectivity index (χ1v) is 10.4. The SMILES string of the molecule is CC(CC(=O)NC1CCN(Cc2ccccc2)C(C)C1)C1CCCNC1.Cl.Cl. The van der Waals surface area contributed by atoms with Crippen LogP contribution >= 0.6 is 24.8 Å². The molecule has 2 aliphatic rings. The second-order valence-corrected chi connectivity index (χ2v) is 8.38. The van der Waals surface area contributed by atoms with E-state index in [0.29, 0.717) is 30.3 Å². The molecule has 0 radical (unpaired) electrons. The van der Waals surface area contributed by atoms with Crippen molar-refractivity contribution in [1.82, 2.24) is 15.5 Å². The zero-order valence-electron chi connectivity index (χ0n) is 17.2. The van der Waals surface area contributed by atoms with Crippen LogP contribution in [0.3, 0.4) is 0 Å². The van der Waals surface area contributed by atoms with E-state index in [0.717, 1.165) is 39.0 Å². The summed E-state index contributed by atoms with van der Waals surface area (Å²) in [6.45, 7) is 8.80. The fraction of sp³-hybridized carbons (Fsp3) is 0.682. The molecule has 1 amide bonds. The molecule has 3 rings (SSSR count). The van der Waals surface area contributed by atoms with E-state index in [1.165, 1.54) is 18.4 Å². The number of piperidine rings is 2. The number of carbonyl (C=O) groups excluding carboxylic acids is 1. The van der Waals surface area contributed by atoms with Crippen molar-refractivity contribution >= 4 is 30.7 Å². The minimum absolute atomic E-state index is 0. The Morgan fingerprint density at radius 1 is 1.25 bits per heavy atom. The predicted molar refractivity (Wildman–Crippen MR) is 121 cm³/mol. The number of nitrogens with zero attached hydrogens (tertiary/aromatic N) is 1. The van der Waals surface area contributed by atoms with Crippen LogP contribution in [-0.2, 0) is 11.3 Å². The molecule has 1 aromatic rings. The Morgan fingerprint density at radius 2 is 2.00 bits per heavy atom. The predicted octanol–water partition coefficient (Wildman–Crippen LogP) is 4.03. The summed E-state index contributed by atoms with van der Waals surface area (Å²) < 4.78 is 0. The van der Waals surface area contributed by atoms with Crippen molar-refractivity contribution in [1.29, 1.82) is 0 Å². The molecule has 28 heavy (non-hydrogen) atoms. The summed E-state index contributed by atoms with van der Waals surface area (Å²) >= 11 is 0. The Balaban J connectivity index is 0.00000196. The molecule has 0 bridgehead atoms. The first kappa shape index (κ1) is 25.2. The topological polar surface area (TPSA) is 44.4 Å². The smallest absolute Gasteiger partial charge is 0.220 e. The van der Waals surface area contributed by atoms with Crippen LogP contribution in [0, 0.1) is 11.8 Å². The van der Waals surface area contributed by atoms with E-state index < -0.39 is 0 Å². The maximum absolute atomic E-state index is 12.5. The lowest BCUT2D eigenvalue weighted by Gasteiger charge is -2.38. The van der Waals surface area contributed by atoms with Crippen LogP contribution in [0.15, 0.2) is 30.3 Å². The number of benzene rings is 1. The normalized spacial score (nSPS) is 26.4. The minimum atomic E-state index is 0. The lowest BCUT2D eigenvalue weighted by molar-refractivity contribution is -0.123. The third kappa shape index (κ3) is 7.55. The van der Waals surface area contributed by atoms with Gasteiger partial charge in [-0.15, -0.1) is 24.8 Å². The molecule has 2 aliphatic heterocycles. The van der Waals surface area contributed by atoms with E-state index in [4.69, 9.17) is 0 Å². The molecule has 2 saturated heterocycles. The molecule has 0 saturated carbocycles. The number of rotatable bonds is 6. The van der Waals surface area contributed by atoms with Crippen LogP contribution in [0.5, 0.6) is 0 Å². The van der Waals surface area contributed by atoms with Gasteiger partial charge in [0.2, 0.25) is 5.91 Å². The van der Waals surface area contributed by atoms with Crippen LogP contribution in [0.25, 0.3) is 0 Å². The van der Waals surface area contributed by atoms with Gasteiger partial charge in [0.1, 0.15) is 0 Å². The van der Waals surface area contributed by atoms with Crippen LogP contribution in [-0.4, -0.2) is 42.5 Å². The van der Waals surface area contributed by atoms with Crippen molar-refractivity contribution in [3.8, 4) is 0 Å². The molecule has 0 aliphatic carbocycles. The minimum Gasteiger partial charge on any atom is -0.353 e. The van der Waals surface area contributed by atoms with Gasteiger partial charge in [-0.25, -0.2) is 0 Å². The zero-order valence-corrected chi connectivity index (χ0v) is 18.9. The van der Waals surface area contributed by atoms with Crippen molar-refractivity contribution in [2.75, 3.05) is 19.6 Å². The second-order valence-electron chi connectivity index (χ2n) is 8.38. The van der Waals surface area contributed by atoms with Crippen LogP contribution in [0.4, 0.5) is 0 Å². The molecule has 4 nitrogen and oxygen atoms in total. The molecule has 1 aromatic carbocycles. The molecule has 2 N–H and O–H groups in total. The van der Waals surface area contributed by atoms with Crippen molar-refractivity contribution in [2.24, 2.45) is 11.8 Å². The van der Waals surface area contributed by atoms with Gasteiger partial charge in [0.25, 0.3) is 0 Å². The van der Waals surface area contributed by atoms with Crippen molar-refractivity contribution in [3.05, 3.63) is 35.9 Å². The number of hydrogen-bond acceptors (Lipinski definition) is 3. The van der Waals surface area contributed by atoms with E-state index in [1.807, 2.05) is 0 Å². The fourth-order valence-corrected chi connectivity index (χ4v) is 4.51. The first-order valence-electron chi connectivity index (χ1n) is 10.4. The number of likely N-dealkylation sites (tertiary alicyclic amines) is 1. The third-order valence-electron chi connectivity index (χ3n) is 6.25. The number of hydrogen-bond donors (Lipinski definition) is 2. The fourth-order valence-electron chi connectivity index (χ4n) is 4.51. The highest BCUT2D eigenvalue weighted by atomic mass is 35.5. The second kappa shape index (κ2) is 12.7. The first-order chi connectivity index (χ1) is 12.6. The van der Waals surface area contributed by atoms with E-state index in [1.54, 1.807) is 0 Å². The number of amides is 1. The van der Waals surface area contributed by atoms with Gasteiger partial charge in [0.05, 0.1) is 0 Å². The maximum Gasteiger partial charge on any atom is 0.220 e. The highest BCUT2D eigenvalue weighted by molar-refractivity contribution is 5.85. The molecule has 4 atom stereocenters. The van der Waals surface area contributed by atoms with Gasteiger partial charge in [-0.1, -0.05) is 37.3 Å². The van der Waals surface area contributed by atoms with Gasteiger partial charge in [-0.3, -0.25) is 9.69 Å². The van der Waals surface area contributed by atoms with Gasteiger partial charge in [0.15, 0.2) is 0 Å². The summed E-state index contributed by atoms with van der Waals surface area (Å²) in [5, 5.41) is 6.78. The van der Waals surface area contributed by atoms with Crippen molar-refractivity contribution < 1.29 is 4.79 Å². The highest BCUT2D eigenvalue weighted by Crippen LogP contribution is 2.23. The molecule has 4 unspecified atom stereocenters. The summed E-state index contributed by atoms with van der Waals surface area (Å²) in [5.41, 5.74) is 1.37. The van der Waals surface area contributed by atoms with E-state index >= 15 is 0 Å². The van der Waals surface area contributed by atoms with Crippen molar-refractivity contribution in [3.63, 3.8) is 0 Å². The Hall–Kier alpha value is -0.810. The lowest BCUT2D eigenvalue weighted by atomic mass is 9.85. The molecule has 2 heterocycles. The Labute approximate surface area is 183 Å². The number of halogens is 2. The number of carbonyl (C=O) groups is 1. The van der Waals surface area contributed by atoms with E-state index in [-0.39, 0.29) is 30.7 Å². The molecule has 2 fully saturated rings. The average Bonchev–Trinajstić information content (AvgIpc) is 2.65. The van der Waals surface area contributed by atoms with Gasteiger partial charge >= 0.3 is 0 Å². The Kier molecular flexibility index (Phi) is 11.4. The number of nitrogens with one attached hydrogen (secondary N) is 2. The summed E-state index contributed by atoms with van der Waals surface area (Å²) in [6, 6.07) is 11.5. The monoisotopic (exact) mass is 429 g/mol. The largest absolute Gasteiger partial charge is 0.353 e. The van der Waals surface area contributed by atoms with Gasteiger partial charge in [0, 0.05) is 31.6 Å². The highest BCUT2D eigenvalue weighted by Gasteiger charge is 2.28. The molecule has 160 valence electrons. The van der Waals surface area contributed by atoms with Crippen LogP contribution in [0.1, 0.15) is 51.5 Å². The van der Waals surface area contributed by atoms with Gasteiger partial charge in [-0.2, -0.15) is 0 Å². The third-order valence-corrected chi connectivity index (χ3v) is 6.25. The van der Waals surface area contributed by atoms with Crippen molar-refractivity contribution in [2.45, 2.75) is 64.6 Å². The molecule has 0 aromatic heterocycles. The van der Waals surface area contributed by atoms with E-state index in [9.17, 15) is 4.79 Å². The van der Waals surface area contributed by atoms with Crippen LogP contribution in [0.2, 0.25) is 0 Å². The quantitative estimate of drug-likeness (QED) is 0.717. The Bertz CT molecular complexity index is 566. The summed E-state index contributed by atoms with van der Waals surface area (Å²) in [5.74, 6) is 1.37. The average molecular weight is 430 g/mol.